The highest BCUT2D eigenvalue weighted by Crippen LogP contribution is 2.19. The van der Waals surface area contributed by atoms with Gasteiger partial charge in [-0.05, 0) is 50.0 Å². The number of benzene rings is 1. The topological polar surface area (TPSA) is 16.7 Å². The number of hydrogen-bond acceptors (Lipinski definition) is 1. The first-order valence-electron chi connectivity index (χ1n) is 6.52. The average Bonchev–Trinajstić information content (AvgIpc) is 2.41. The van der Waals surface area contributed by atoms with E-state index < -0.39 is 0 Å². The summed E-state index contributed by atoms with van der Waals surface area (Å²) < 4.78 is 0. The van der Waals surface area contributed by atoms with Crippen LogP contribution in [-0.2, 0) is 6.42 Å². The van der Waals surface area contributed by atoms with Gasteiger partial charge in [-0.2, -0.15) is 0 Å². The molecule has 2 rings (SSSR count). The van der Waals surface area contributed by atoms with Gasteiger partial charge in [-0.1, -0.05) is 23.7 Å². The van der Waals surface area contributed by atoms with Crippen molar-refractivity contribution in [3.63, 3.8) is 0 Å². The molecule has 0 radical (unpaired) electrons. The van der Waals surface area contributed by atoms with Crippen LogP contribution < -0.4 is 0 Å². The number of allylic oxidation sites excluding steroid dienone is 1. The minimum Gasteiger partial charge on any atom is -0.307 e. The smallest absolute Gasteiger partial charge is 0.264 e. The monoisotopic (exact) mass is 272 g/mol. The Hall–Kier alpha value is -1.59. The van der Waals surface area contributed by atoms with Gasteiger partial charge in [0.2, 0.25) is 0 Å². The molecule has 1 heterocycles. The zero-order valence-electron chi connectivity index (χ0n) is 11.0. The highest BCUT2D eigenvalue weighted by molar-refractivity contribution is 6.30. The molecule has 0 spiro atoms. The van der Waals surface area contributed by atoms with Crippen LogP contribution in [-0.4, -0.2) is 17.8 Å². The third kappa shape index (κ3) is 3.94. The molecule has 0 bridgehead atoms. The van der Waals surface area contributed by atoms with E-state index in [2.05, 4.69) is 22.0 Å². The third-order valence-electron chi connectivity index (χ3n) is 3.33. The number of nitrogens with zero attached hydrogens (tertiary/aromatic N) is 2. The summed E-state index contributed by atoms with van der Waals surface area (Å²) in [6, 6.07) is 7.99. The van der Waals surface area contributed by atoms with Crippen molar-refractivity contribution >= 4 is 17.3 Å². The lowest BCUT2D eigenvalue weighted by Crippen LogP contribution is -2.23. The SMILES string of the molecule is [C-]#[N+]C1C=CC(C)=NC1CCCc1ccc(Cl)cc1. The van der Waals surface area contributed by atoms with E-state index in [1.165, 1.54) is 5.56 Å². The Morgan fingerprint density at radius 3 is 2.74 bits per heavy atom. The summed E-state index contributed by atoms with van der Waals surface area (Å²) in [5.41, 5.74) is 2.31. The molecule has 98 valence electrons. The standard InChI is InChI=1S/C16H17ClN2/c1-12-6-11-15(18-2)16(19-12)5-3-4-13-7-9-14(17)10-8-13/h6-11,15-16H,3-5H2,1H3. The fraction of sp³-hybridized carbons (Fsp3) is 0.375. The Labute approximate surface area is 119 Å². The predicted molar refractivity (Wildman–Crippen MR) is 80.8 cm³/mol. The highest BCUT2D eigenvalue weighted by atomic mass is 35.5. The van der Waals surface area contributed by atoms with Crippen molar-refractivity contribution in [3.8, 4) is 0 Å². The van der Waals surface area contributed by atoms with Gasteiger partial charge in [0, 0.05) is 16.8 Å². The van der Waals surface area contributed by atoms with E-state index in [9.17, 15) is 0 Å². The summed E-state index contributed by atoms with van der Waals surface area (Å²) >= 11 is 5.86. The second-order valence-electron chi connectivity index (χ2n) is 4.84. The van der Waals surface area contributed by atoms with Crippen molar-refractivity contribution in [1.82, 2.24) is 0 Å². The number of rotatable bonds is 4. The molecule has 2 atom stereocenters. The molecule has 3 heteroatoms. The van der Waals surface area contributed by atoms with Crippen molar-refractivity contribution in [2.24, 2.45) is 4.99 Å². The largest absolute Gasteiger partial charge is 0.307 e. The molecule has 0 N–H and O–H groups in total. The van der Waals surface area contributed by atoms with Crippen molar-refractivity contribution in [2.75, 3.05) is 0 Å². The molecule has 1 aliphatic rings. The fourth-order valence-electron chi connectivity index (χ4n) is 2.28. The molecule has 2 nitrogen and oxygen atoms in total. The van der Waals surface area contributed by atoms with Crippen molar-refractivity contribution in [1.29, 1.82) is 0 Å². The summed E-state index contributed by atoms with van der Waals surface area (Å²) in [5, 5.41) is 0.773. The second kappa shape index (κ2) is 6.54. The predicted octanol–water partition coefficient (Wildman–Crippen LogP) is 4.35. The molecule has 1 aromatic carbocycles. The molecule has 19 heavy (non-hydrogen) atoms. The number of halogens is 1. The van der Waals surface area contributed by atoms with Gasteiger partial charge in [0.05, 0.1) is 0 Å². The molecule has 0 fully saturated rings. The summed E-state index contributed by atoms with van der Waals surface area (Å²) in [7, 11) is 0. The van der Waals surface area contributed by atoms with Gasteiger partial charge < -0.3 is 4.85 Å². The van der Waals surface area contributed by atoms with E-state index in [0.29, 0.717) is 0 Å². The lowest BCUT2D eigenvalue weighted by molar-refractivity contribution is 0.568. The molecule has 0 aromatic heterocycles. The molecule has 0 aliphatic carbocycles. The molecule has 0 saturated heterocycles. The van der Waals surface area contributed by atoms with E-state index in [1.807, 2.05) is 31.2 Å². The third-order valence-corrected chi connectivity index (χ3v) is 3.58. The van der Waals surface area contributed by atoms with Crippen LogP contribution in [0.2, 0.25) is 5.02 Å². The van der Waals surface area contributed by atoms with Crippen LogP contribution in [0.4, 0.5) is 0 Å². The quantitative estimate of drug-likeness (QED) is 0.725. The van der Waals surface area contributed by atoms with Crippen LogP contribution in [0.5, 0.6) is 0 Å². The average molecular weight is 273 g/mol. The van der Waals surface area contributed by atoms with Crippen molar-refractivity contribution < 1.29 is 0 Å². The van der Waals surface area contributed by atoms with Gasteiger partial charge in [0.1, 0.15) is 6.04 Å². The van der Waals surface area contributed by atoms with Crippen LogP contribution in [0.1, 0.15) is 25.3 Å². The van der Waals surface area contributed by atoms with E-state index in [1.54, 1.807) is 0 Å². The normalized spacial score (nSPS) is 21.8. The van der Waals surface area contributed by atoms with Crippen LogP contribution in [0.25, 0.3) is 4.85 Å². The van der Waals surface area contributed by atoms with Crippen LogP contribution >= 0.6 is 11.6 Å². The lowest BCUT2D eigenvalue weighted by Gasteiger charge is -2.16. The molecule has 0 saturated carbocycles. The highest BCUT2D eigenvalue weighted by Gasteiger charge is 2.25. The first-order chi connectivity index (χ1) is 9.19. The van der Waals surface area contributed by atoms with Gasteiger partial charge in [-0.3, -0.25) is 4.99 Å². The maximum atomic E-state index is 7.21. The molecule has 2 unspecified atom stereocenters. The van der Waals surface area contributed by atoms with Crippen molar-refractivity contribution in [3.05, 3.63) is 58.4 Å². The molecular formula is C16H17ClN2. The first kappa shape index (κ1) is 13.8. The fourth-order valence-corrected chi connectivity index (χ4v) is 2.40. The van der Waals surface area contributed by atoms with Crippen LogP contribution in [0, 0.1) is 6.57 Å². The Kier molecular flexibility index (Phi) is 4.76. The van der Waals surface area contributed by atoms with Crippen LogP contribution in [0.15, 0.2) is 41.4 Å². The minimum absolute atomic E-state index is 0.0890. The van der Waals surface area contributed by atoms with Gasteiger partial charge in [0.25, 0.3) is 6.04 Å². The Balaban J connectivity index is 1.87. The Morgan fingerprint density at radius 1 is 1.32 bits per heavy atom. The number of hydrogen-bond donors (Lipinski definition) is 0. The van der Waals surface area contributed by atoms with Gasteiger partial charge in [-0.15, -0.1) is 0 Å². The van der Waals surface area contributed by atoms with E-state index in [4.69, 9.17) is 18.2 Å². The number of aryl methyl sites for hydroxylation is 1. The first-order valence-corrected chi connectivity index (χ1v) is 6.90. The maximum Gasteiger partial charge on any atom is 0.264 e. The molecule has 1 aromatic rings. The van der Waals surface area contributed by atoms with Crippen LogP contribution in [0.3, 0.4) is 0 Å². The van der Waals surface area contributed by atoms with Crippen molar-refractivity contribution in [2.45, 2.75) is 38.3 Å². The number of aliphatic imine (C=N–C) groups is 1. The van der Waals surface area contributed by atoms with Gasteiger partial charge in [0.15, 0.2) is 0 Å². The second-order valence-corrected chi connectivity index (χ2v) is 5.27. The van der Waals surface area contributed by atoms with Gasteiger partial charge >= 0.3 is 0 Å². The maximum absolute atomic E-state index is 7.21. The molecule has 0 amide bonds. The summed E-state index contributed by atoms with van der Waals surface area (Å²) in [6.45, 7) is 9.20. The summed E-state index contributed by atoms with van der Waals surface area (Å²) in [5.74, 6) is 0. The molecule has 1 aliphatic heterocycles. The zero-order chi connectivity index (χ0) is 13.7. The molecular weight excluding hydrogens is 256 g/mol. The summed E-state index contributed by atoms with van der Waals surface area (Å²) in [6.07, 6.45) is 6.93. The zero-order valence-corrected chi connectivity index (χ0v) is 11.8. The van der Waals surface area contributed by atoms with E-state index in [-0.39, 0.29) is 12.1 Å². The Morgan fingerprint density at radius 2 is 2.05 bits per heavy atom. The van der Waals surface area contributed by atoms with E-state index >= 15 is 0 Å². The van der Waals surface area contributed by atoms with Gasteiger partial charge in [-0.25, -0.2) is 6.57 Å². The number of dihydropyridines is 1. The minimum atomic E-state index is -0.0890. The Bertz CT molecular complexity index is 523. The van der Waals surface area contributed by atoms with E-state index in [0.717, 1.165) is 30.0 Å². The lowest BCUT2D eigenvalue weighted by atomic mass is 9.98. The summed E-state index contributed by atoms with van der Waals surface area (Å²) in [4.78, 5) is 8.21.